The fourth-order valence-electron chi connectivity index (χ4n) is 3.07. The van der Waals surface area contributed by atoms with E-state index in [0.29, 0.717) is 10.6 Å². The van der Waals surface area contributed by atoms with Gasteiger partial charge in [0.05, 0.1) is 26.4 Å². The van der Waals surface area contributed by atoms with Crippen molar-refractivity contribution in [2.75, 3.05) is 0 Å². The molecular formula is C19H25Cl2NO4S. The van der Waals surface area contributed by atoms with Crippen molar-refractivity contribution in [2.24, 2.45) is 5.41 Å². The van der Waals surface area contributed by atoms with Gasteiger partial charge in [-0.25, -0.2) is 13.2 Å². The highest BCUT2D eigenvalue weighted by molar-refractivity contribution is 7.90. The van der Waals surface area contributed by atoms with E-state index in [-0.39, 0.29) is 10.6 Å². The fraction of sp³-hybridized carbons (Fsp3) is 0.526. The number of carbonyl (C=O) groups is 1. The molecule has 150 valence electrons. The molecule has 1 N–H and O–H groups in total. The van der Waals surface area contributed by atoms with Gasteiger partial charge >= 0.3 is 5.97 Å². The van der Waals surface area contributed by atoms with Crippen LogP contribution in [0.4, 0.5) is 0 Å². The third kappa shape index (κ3) is 4.04. The van der Waals surface area contributed by atoms with E-state index in [2.05, 4.69) is 0 Å². The van der Waals surface area contributed by atoms with Crippen molar-refractivity contribution in [3.05, 3.63) is 45.5 Å². The molecule has 0 fully saturated rings. The number of aliphatic carboxylic acids is 1. The molecule has 1 unspecified atom stereocenters. The summed E-state index contributed by atoms with van der Waals surface area (Å²) in [6.07, 6.45) is 1.54. The van der Waals surface area contributed by atoms with Gasteiger partial charge in [-0.05, 0) is 43.9 Å². The largest absolute Gasteiger partial charge is 0.478 e. The molecule has 0 radical (unpaired) electrons. The zero-order chi connectivity index (χ0) is 20.9. The predicted molar refractivity (Wildman–Crippen MR) is 109 cm³/mol. The molecule has 27 heavy (non-hydrogen) atoms. The molecule has 8 heteroatoms. The molecule has 2 rings (SSSR count). The van der Waals surface area contributed by atoms with Gasteiger partial charge in [-0.3, -0.25) is 0 Å². The van der Waals surface area contributed by atoms with Crippen LogP contribution in [-0.4, -0.2) is 34.6 Å². The first-order valence-corrected chi connectivity index (χ1v) is 10.7. The summed E-state index contributed by atoms with van der Waals surface area (Å²) in [5.41, 5.74) is -0.0250. The maximum atomic E-state index is 13.5. The SMILES string of the molecule is CC(C)(C)C1C=C(C(=O)O)[C@H](c2ccc(Cl)c(Cl)c2)N1S(=O)(=O)C(C)(C)C. The molecule has 1 aromatic rings. The molecule has 1 aromatic carbocycles. The normalized spacial score (nSPS) is 22.0. The van der Waals surface area contributed by atoms with E-state index in [9.17, 15) is 18.3 Å². The maximum Gasteiger partial charge on any atom is 0.333 e. The lowest BCUT2D eigenvalue weighted by Gasteiger charge is -2.40. The van der Waals surface area contributed by atoms with Crippen molar-refractivity contribution in [2.45, 2.75) is 58.4 Å². The molecule has 0 spiro atoms. The molecule has 0 aliphatic carbocycles. The van der Waals surface area contributed by atoms with E-state index < -0.39 is 38.2 Å². The van der Waals surface area contributed by atoms with Crippen LogP contribution >= 0.6 is 23.2 Å². The van der Waals surface area contributed by atoms with Crippen LogP contribution in [0.2, 0.25) is 10.0 Å². The van der Waals surface area contributed by atoms with E-state index in [4.69, 9.17) is 23.2 Å². The second-order valence-electron chi connectivity index (χ2n) is 8.76. The molecule has 1 aliphatic heterocycles. The zero-order valence-corrected chi connectivity index (χ0v) is 18.6. The highest BCUT2D eigenvalue weighted by Gasteiger charge is 2.52. The molecule has 0 bridgehead atoms. The van der Waals surface area contributed by atoms with Crippen molar-refractivity contribution in [1.82, 2.24) is 4.31 Å². The van der Waals surface area contributed by atoms with Gasteiger partial charge in [-0.2, -0.15) is 4.31 Å². The molecule has 0 saturated carbocycles. The van der Waals surface area contributed by atoms with Gasteiger partial charge in [0.2, 0.25) is 10.0 Å². The van der Waals surface area contributed by atoms with Gasteiger partial charge in [-0.15, -0.1) is 0 Å². The fourth-order valence-corrected chi connectivity index (χ4v) is 5.19. The summed E-state index contributed by atoms with van der Waals surface area (Å²) in [4.78, 5) is 12.0. The number of hydrogen-bond donors (Lipinski definition) is 1. The number of rotatable bonds is 3. The first-order chi connectivity index (χ1) is 12.1. The van der Waals surface area contributed by atoms with Gasteiger partial charge < -0.3 is 5.11 Å². The van der Waals surface area contributed by atoms with Crippen LogP contribution in [0.3, 0.4) is 0 Å². The molecular weight excluding hydrogens is 409 g/mol. The van der Waals surface area contributed by atoms with Crippen molar-refractivity contribution >= 4 is 39.2 Å². The van der Waals surface area contributed by atoms with Crippen molar-refractivity contribution in [3.8, 4) is 0 Å². The van der Waals surface area contributed by atoms with Crippen molar-refractivity contribution < 1.29 is 18.3 Å². The van der Waals surface area contributed by atoms with E-state index in [1.165, 1.54) is 10.4 Å². The lowest BCUT2D eigenvalue weighted by molar-refractivity contribution is -0.133. The first kappa shape index (κ1) is 22.2. The maximum absolute atomic E-state index is 13.5. The lowest BCUT2D eigenvalue weighted by atomic mass is 9.87. The average molecular weight is 434 g/mol. The summed E-state index contributed by atoms with van der Waals surface area (Å²) >= 11 is 12.1. The third-order valence-electron chi connectivity index (χ3n) is 4.61. The van der Waals surface area contributed by atoms with Gasteiger partial charge in [-0.1, -0.05) is 56.1 Å². The van der Waals surface area contributed by atoms with Gasteiger partial charge in [0.15, 0.2) is 0 Å². The summed E-state index contributed by atoms with van der Waals surface area (Å²) in [7, 11) is -3.85. The summed E-state index contributed by atoms with van der Waals surface area (Å²) in [6, 6.07) is 3.09. The van der Waals surface area contributed by atoms with Crippen LogP contribution < -0.4 is 0 Å². The van der Waals surface area contributed by atoms with E-state index in [1.807, 2.05) is 20.8 Å². The molecule has 1 heterocycles. The van der Waals surface area contributed by atoms with Crippen LogP contribution in [0.25, 0.3) is 0 Å². The van der Waals surface area contributed by atoms with Crippen molar-refractivity contribution in [1.29, 1.82) is 0 Å². The zero-order valence-electron chi connectivity index (χ0n) is 16.2. The molecule has 2 atom stereocenters. The molecule has 1 aliphatic rings. The number of benzene rings is 1. The topological polar surface area (TPSA) is 74.7 Å². The minimum Gasteiger partial charge on any atom is -0.478 e. The molecule has 5 nitrogen and oxygen atoms in total. The number of halogens is 2. The second kappa shape index (κ2) is 7.07. The number of nitrogens with zero attached hydrogens (tertiary/aromatic N) is 1. The van der Waals surface area contributed by atoms with E-state index >= 15 is 0 Å². The van der Waals surface area contributed by atoms with Crippen LogP contribution in [-0.2, 0) is 14.8 Å². The predicted octanol–water partition coefficient (Wildman–Crippen LogP) is 4.90. The number of sulfonamides is 1. The third-order valence-corrected chi connectivity index (χ3v) is 7.89. The van der Waals surface area contributed by atoms with Gasteiger partial charge in [0.25, 0.3) is 0 Å². The van der Waals surface area contributed by atoms with Gasteiger partial charge in [0, 0.05) is 6.04 Å². The number of carboxylic acid groups (broad SMARTS) is 1. The van der Waals surface area contributed by atoms with Crippen LogP contribution in [0.15, 0.2) is 29.8 Å². The minimum absolute atomic E-state index is 0.0149. The quantitative estimate of drug-likeness (QED) is 0.734. The lowest BCUT2D eigenvalue weighted by Crippen LogP contribution is -2.51. The minimum atomic E-state index is -3.85. The summed E-state index contributed by atoms with van der Waals surface area (Å²) < 4.78 is 27.1. The number of hydrogen-bond acceptors (Lipinski definition) is 3. The Morgan fingerprint density at radius 2 is 1.63 bits per heavy atom. The van der Waals surface area contributed by atoms with Gasteiger partial charge in [0.1, 0.15) is 0 Å². The van der Waals surface area contributed by atoms with Crippen molar-refractivity contribution in [3.63, 3.8) is 0 Å². The monoisotopic (exact) mass is 433 g/mol. The standard InChI is InChI=1S/C19H25Cl2NO4S/c1-18(2,3)15-10-12(17(23)24)16(11-7-8-13(20)14(21)9-11)22(15)27(25,26)19(4,5)6/h7-10,15-16H,1-6H3,(H,23,24)/t15?,16-/m0/s1. The molecule has 0 amide bonds. The Balaban J connectivity index is 2.79. The summed E-state index contributed by atoms with van der Waals surface area (Å²) in [6.45, 7) is 10.5. The van der Waals surface area contributed by atoms with E-state index in [1.54, 1.807) is 39.0 Å². The van der Waals surface area contributed by atoms with Crippen LogP contribution in [0.5, 0.6) is 0 Å². The Morgan fingerprint density at radius 1 is 1.07 bits per heavy atom. The second-order valence-corrected chi connectivity index (χ2v) is 12.2. The highest BCUT2D eigenvalue weighted by atomic mass is 35.5. The average Bonchev–Trinajstić information content (AvgIpc) is 2.90. The summed E-state index contributed by atoms with van der Waals surface area (Å²) in [5.74, 6) is -1.16. The Bertz CT molecular complexity index is 895. The smallest absolute Gasteiger partial charge is 0.333 e. The van der Waals surface area contributed by atoms with Crippen LogP contribution in [0, 0.1) is 5.41 Å². The molecule has 0 saturated heterocycles. The summed E-state index contributed by atoms with van der Waals surface area (Å²) in [5, 5.41) is 10.3. The molecule has 0 aromatic heterocycles. The highest BCUT2D eigenvalue weighted by Crippen LogP contribution is 2.47. The Morgan fingerprint density at radius 3 is 2.04 bits per heavy atom. The number of carboxylic acids is 1. The van der Waals surface area contributed by atoms with E-state index in [0.717, 1.165) is 0 Å². The van der Waals surface area contributed by atoms with Crippen LogP contribution in [0.1, 0.15) is 53.1 Å². The Kier molecular flexibility index (Phi) is 5.81. The first-order valence-electron chi connectivity index (χ1n) is 8.52. The Labute approximate surface area is 171 Å². The Hall–Kier alpha value is -1.08.